The second kappa shape index (κ2) is 7.62. The Hall–Kier alpha value is -2.85. The maximum atomic E-state index is 11.5. The van der Waals surface area contributed by atoms with Crippen LogP contribution in [0.3, 0.4) is 0 Å². The molecule has 0 amide bonds. The van der Waals surface area contributed by atoms with Gasteiger partial charge in [-0.3, -0.25) is 0 Å². The third-order valence-corrected chi connectivity index (χ3v) is 4.34. The molecule has 24 heavy (non-hydrogen) atoms. The van der Waals surface area contributed by atoms with Crippen molar-refractivity contribution in [1.29, 1.82) is 0 Å². The highest BCUT2D eigenvalue weighted by molar-refractivity contribution is 7.11. The summed E-state index contributed by atoms with van der Waals surface area (Å²) in [6, 6.07) is 21.0. The van der Waals surface area contributed by atoms with Crippen LogP contribution in [0.4, 0.5) is 0 Å². The van der Waals surface area contributed by atoms with E-state index in [0.717, 1.165) is 16.0 Å². The molecule has 1 N–H and O–H groups in total. The number of carboxylic acid groups (broad SMARTS) is 1. The van der Waals surface area contributed by atoms with Gasteiger partial charge in [0.15, 0.2) is 0 Å². The Labute approximate surface area is 144 Å². The Bertz CT molecular complexity index is 836. The lowest BCUT2D eigenvalue weighted by molar-refractivity contribution is -0.130. The highest BCUT2D eigenvalue weighted by Gasteiger charge is 2.11. The van der Waals surface area contributed by atoms with Crippen LogP contribution in [0.2, 0.25) is 0 Å². The number of benzene rings is 2. The number of hydrogen-bond acceptors (Lipinski definition) is 3. The third-order valence-electron chi connectivity index (χ3n) is 3.43. The number of thiophene rings is 1. The smallest absolute Gasteiger partial charge is 0.337 e. The molecular weight excluding hydrogens is 320 g/mol. The van der Waals surface area contributed by atoms with E-state index < -0.39 is 5.97 Å². The molecule has 4 heteroatoms. The SMILES string of the molecule is O=C(O)/C(=C/c1cccc(OCc2ccccc2)c1)c1cccs1. The fourth-order valence-corrected chi connectivity index (χ4v) is 3.01. The van der Waals surface area contributed by atoms with E-state index in [4.69, 9.17) is 4.74 Å². The molecule has 2 aromatic carbocycles. The molecule has 1 aromatic heterocycles. The summed E-state index contributed by atoms with van der Waals surface area (Å²) in [6.45, 7) is 0.477. The first-order valence-corrected chi connectivity index (χ1v) is 8.36. The Morgan fingerprint density at radius 3 is 2.58 bits per heavy atom. The van der Waals surface area contributed by atoms with E-state index in [1.54, 1.807) is 12.1 Å². The summed E-state index contributed by atoms with van der Waals surface area (Å²) in [5.74, 6) is -0.225. The molecule has 120 valence electrons. The molecular formula is C20H16O3S. The minimum absolute atomic E-state index is 0.283. The fourth-order valence-electron chi connectivity index (χ4n) is 2.27. The predicted molar refractivity (Wildman–Crippen MR) is 97.0 cm³/mol. The highest BCUT2D eigenvalue weighted by Crippen LogP contribution is 2.24. The van der Waals surface area contributed by atoms with Crippen LogP contribution >= 0.6 is 11.3 Å². The van der Waals surface area contributed by atoms with E-state index in [-0.39, 0.29) is 5.57 Å². The van der Waals surface area contributed by atoms with E-state index in [9.17, 15) is 9.90 Å². The van der Waals surface area contributed by atoms with Crippen molar-refractivity contribution in [2.24, 2.45) is 0 Å². The molecule has 0 radical (unpaired) electrons. The minimum Gasteiger partial charge on any atom is -0.489 e. The minimum atomic E-state index is -0.937. The van der Waals surface area contributed by atoms with Gasteiger partial charge >= 0.3 is 5.97 Å². The predicted octanol–water partition coefficient (Wildman–Crippen LogP) is 4.95. The second-order valence-corrected chi connectivity index (χ2v) is 6.13. The Morgan fingerprint density at radius 1 is 1.04 bits per heavy atom. The summed E-state index contributed by atoms with van der Waals surface area (Å²) in [5.41, 5.74) is 2.17. The molecule has 0 saturated heterocycles. The van der Waals surface area contributed by atoms with E-state index in [2.05, 4.69) is 0 Å². The van der Waals surface area contributed by atoms with E-state index in [0.29, 0.717) is 12.4 Å². The summed E-state index contributed by atoms with van der Waals surface area (Å²) in [5, 5.41) is 11.3. The van der Waals surface area contributed by atoms with Gasteiger partial charge in [-0.05, 0) is 40.8 Å². The molecule has 0 aliphatic carbocycles. The molecule has 3 nitrogen and oxygen atoms in total. The molecule has 1 heterocycles. The van der Waals surface area contributed by atoms with Crippen molar-refractivity contribution in [3.8, 4) is 5.75 Å². The quantitative estimate of drug-likeness (QED) is 0.648. The molecule has 0 unspecified atom stereocenters. The van der Waals surface area contributed by atoms with Crippen LogP contribution < -0.4 is 4.74 Å². The van der Waals surface area contributed by atoms with Crippen molar-refractivity contribution in [1.82, 2.24) is 0 Å². The maximum absolute atomic E-state index is 11.5. The van der Waals surface area contributed by atoms with Crippen molar-refractivity contribution in [3.05, 3.63) is 88.1 Å². The van der Waals surface area contributed by atoms with Crippen molar-refractivity contribution < 1.29 is 14.6 Å². The molecule has 0 aliphatic rings. The number of aliphatic carboxylic acids is 1. The van der Waals surface area contributed by atoms with Gasteiger partial charge < -0.3 is 9.84 Å². The fraction of sp³-hybridized carbons (Fsp3) is 0.0500. The van der Waals surface area contributed by atoms with Gasteiger partial charge in [-0.25, -0.2) is 4.79 Å². The topological polar surface area (TPSA) is 46.5 Å². The number of ether oxygens (including phenoxy) is 1. The van der Waals surface area contributed by atoms with Gasteiger partial charge in [-0.1, -0.05) is 48.5 Å². The summed E-state index contributed by atoms with van der Waals surface area (Å²) in [4.78, 5) is 12.2. The molecule has 0 aliphatic heterocycles. The molecule has 3 rings (SSSR count). The van der Waals surface area contributed by atoms with E-state index in [1.807, 2.05) is 66.0 Å². The maximum Gasteiger partial charge on any atom is 0.337 e. The standard InChI is InChI=1S/C20H16O3S/c21-20(22)18(19-10-5-11-24-19)13-16-8-4-9-17(12-16)23-14-15-6-2-1-3-7-15/h1-13H,14H2,(H,21,22)/b18-13+. The van der Waals surface area contributed by atoms with Crippen molar-refractivity contribution in [2.75, 3.05) is 0 Å². The normalized spacial score (nSPS) is 11.2. The average molecular weight is 336 g/mol. The Morgan fingerprint density at radius 2 is 1.88 bits per heavy atom. The average Bonchev–Trinajstić information content (AvgIpc) is 3.13. The van der Waals surface area contributed by atoms with Crippen LogP contribution in [0.1, 0.15) is 16.0 Å². The zero-order valence-corrected chi connectivity index (χ0v) is 13.7. The monoisotopic (exact) mass is 336 g/mol. The molecule has 3 aromatic rings. The van der Waals surface area contributed by atoms with Gasteiger partial charge in [0, 0.05) is 4.88 Å². The summed E-state index contributed by atoms with van der Waals surface area (Å²) >= 11 is 1.41. The largest absolute Gasteiger partial charge is 0.489 e. The van der Waals surface area contributed by atoms with Gasteiger partial charge in [0.25, 0.3) is 0 Å². The number of carbonyl (C=O) groups is 1. The Kier molecular flexibility index (Phi) is 5.08. The van der Waals surface area contributed by atoms with Crippen LogP contribution in [-0.2, 0) is 11.4 Å². The molecule has 0 atom stereocenters. The number of rotatable bonds is 6. The summed E-state index contributed by atoms with van der Waals surface area (Å²) in [7, 11) is 0. The first-order valence-electron chi connectivity index (χ1n) is 7.48. The van der Waals surface area contributed by atoms with Gasteiger partial charge in [0.1, 0.15) is 12.4 Å². The number of hydrogen-bond donors (Lipinski definition) is 1. The van der Waals surface area contributed by atoms with Crippen LogP contribution in [0.5, 0.6) is 5.75 Å². The lowest BCUT2D eigenvalue weighted by Crippen LogP contribution is -1.98. The zero-order valence-electron chi connectivity index (χ0n) is 12.9. The van der Waals surface area contributed by atoms with Gasteiger partial charge in [-0.2, -0.15) is 0 Å². The first-order chi connectivity index (χ1) is 11.7. The Balaban J connectivity index is 1.79. The van der Waals surface area contributed by atoms with Crippen molar-refractivity contribution in [2.45, 2.75) is 6.61 Å². The number of carboxylic acids is 1. The van der Waals surface area contributed by atoms with Crippen LogP contribution in [0, 0.1) is 0 Å². The van der Waals surface area contributed by atoms with E-state index in [1.165, 1.54) is 11.3 Å². The zero-order chi connectivity index (χ0) is 16.8. The van der Waals surface area contributed by atoms with Crippen LogP contribution in [0.25, 0.3) is 11.6 Å². The van der Waals surface area contributed by atoms with Crippen molar-refractivity contribution in [3.63, 3.8) is 0 Å². The highest BCUT2D eigenvalue weighted by atomic mass is 32.1. The van der Waals surface area contributed by atoms with Gasteiger partial charge in [0.2, 0.25) is 0 Å². The molecule has 0 fully saturated rings. The van der Waals surface area contributed by atoms with Crippen LogP contribution in [-0.4, -0.2) is 11.1 Å². The lowest BCUT2D eigenvalue weighted by Gasteiger charge is -2.07. The lowest BCUT2D eigenvalue weighted by atomic mass is 10.1. The second-order valence-electron chi connectivity index (χ2n) is 5.19. The third kappa shape index (κ3) is 4.12. The van der Waals surface area contributed by atoms with Crippen molar-refractivity contribution >= 4 is 29.0 Å². The first kappa shape index (κ1) is 16.0. The van der Waals surface area contributed by atoms with Gasteiger partial charge in [0.05, 0.1) is 5.57 Å². The molecule has 0 saturated carbocycles. The van der Waals surface area contributed by atoms with E-state index >= 15 is 0 Å². The molecule has 0 spiro atoms. The van der Waals surface area contributed by atoms with Gasteiger partial charge in [-0.15, -0.1) is 11.3 Å². The summed E-state index contributed by atoms with van der Waals surface area (Å²) < 4.78 is 5.79. The summed E-state index contributed by atoms with van der Waals surface area (Å²) in [6.07, 6.45) is 1.67. The van der Waals surface area contributed by atoms with Crippen LogP contribution in [0.15, 0.2) is 72.1 Å². The molecule has 0 bridgehead atoms.